The van der Waals surface area contributed by atoms with Gasteiger partial charge >= 0.3 is 0 Å². The van der Waals surface area contributed by atoms with E-state index in [4.69, 9.17) is 0 Å². The monoisotopic (exact) mass is 181 g/mol. The van der Waals surface area contributed by atoms with Crippen molar-refractivity contribution in [3.8, 4) is 0 Å². The quantitative estimate of drug-likeness (QED) is 0.752. The molecule has 0 bridgehead atoms. The van der Waals surface area contributed by atoms with Crippen molar-refractivity contribution >= 4 is 0 Å². The van der Waals surface area contributed by atoms with Gasteiger partial charge in [-0.1, -0.05) is 13.3 Å². The summed E-state index contributed by atoms with van der Waals surface area (Å²) in [6, 6.07) is 0.403. The van der Waals surface area contributed by atoms with E-state index in [1.807, 2.05) is 19.4 Å². The van der Waals surface area contributed by atoms with E-state index in [9.17, 15) is 0 Å². The fraction of sp³-hybridized carbons (Fsp3) is 0.700. The highest BCUT2D eigenvalue weighted by Crippen LogP contribution is 2.15. The minimum atomic E-state index is 0.403. The summed E-state index contributed by atoms with van der Waals surface area (Å²) in [7, 11) is 2.00. The molecular weight excluding hydrogens is 162 g/mol. The van der Waals surface area contributed by atoms with Crippen molar-refractivity contribution in [1.82, 2.24) is 14.9 Å². The van der Waals surface area contributed by atoms with Crippen LogP contribution in [0.3, 0.4) is 0 Å². The van der Waals surface area contributed by atoms with Gasteiger partial charge in [0.25, 0.3) is 0 Å². The lowest BCUT2D eigenvalue weighted by atomic mass is 10.1. The first-order valence-corrected chi connectivity index (χ1v) is 5.01. The highest BCUT2D eigenvalue weighted by atomic mass is 15.1. The Morgan fingerprint density at radius 1 is 1.54 bits per heavy atom. The van der Waals surface area contributed by atoms with Gasteiger partial charge in [0.05, 0.1) is 6.04 Å². The first-order valence-electron chi connectivity index (χ1n) is 5.01. The van der Waals surface area contributed by atoms with Crippen LogP contribution in [0.15, 0.2) is 12.4 Å². The maximum absolute atomic E-state index is 4.38. The van der Waals surface area contributed by atoms with Crippen LogP contribution in [0.5, 0.6) is 0 Å². The summed E-state index contributed by atoms with van der Waals surface area (Å²) in [5.41, 5.74) is 0. The molecule has 1 aromatic rings. The molecule has 1 heterocycles. The standard InChI is InChI=1S/C10H19N3/c1-4-6-9(11-3)10-12-7-8-13(10)5-2/h7-9,11H,4-6H2,1-3H3. The molecule has 1 unspecified atom stereocenters. The lowest BCUT2D eigenvalue weighted by Gasteiger charge is -2.15. The lowest BCUT2D eigenvalue weighted by Crippen LogP contribution is -2.20. The average Bonchev–Trinajstić information content (AvgIpc) is 2.61. The zero-order valence-corrected chi connectivity index (χ0v) is 8.75. The van der Waals surface area contributed by atoms with Crippen molar-refractivity contribution in [2.24, 2.45) is 0 Å². The largest absolute Gasteiger partial charge is 0.334 e. The second-order valence-corrected chi connectivity index (χ2v) is 3.20. The number of nitrogens with zero attached hydrogens (tertiary/aromatic N) is 2. The van der Waals surface area contributed by atoms with Gasteiger partial charge in [0.1, 0.15) is 5.82 Å². The minimum absolute atomic E-state index is 0.403. The Balaban J connectivity index is 2.77. The number of nitrogens with one attached hydrogen (secondary N) is 1. The zero-order chi connectivity index (χ0) is 9.68. The fourth-order valence-electron chi connectivity index (χ4n) is 1.59. The molecule has 1 aromatic heterocycles. The number of aryl methyl sites for hydroxylation is 1. The summed E-state index contributed by atoms with van der Waals surface area (Å²) in [6.45, 7) is 5.34. The lowest BCUT2D eigenvalue weighted by molar-refractivity contribution is 0.489. The normalized spacial score (nSPS) is 13.2. The first-order chi connectivity index (χ1) is 6.33. The Bertz CT molecular complexity index is 242. The van der Waals surface area contributed by atoms with Gasteiger partial charge in [0, 0.05) is 18.9 Å². The molecular formula is C10H19N3. The number of imidazole rings is 1. The Hall–Kier alpha value is -0.830. The first kappa shape index (κ1) is 10.3. The van der Waals surface area contributed by atoms with Crippen LogP contribution < -0.4 is 5.32 Å². The second-order valence-electron chi connectivity index (χ2n) is 3.20. The van der Waals surface area contributed by atoms with E-state index < -0.39 is 0 Å². The molecule has 3 heteroatoms. The molecule has 0 saturated heterocycles. The van der Waals surface area contributed by atoms with Crippen molar-refractivity contribution in [3.05, 3.63) is 18.2 Å². The fourth-order valence-corrected chi connectivity index (χ4v) is 1.59. The van der Waals surface area contributed by atoms with E-state index in [1.54, 1.807) is 0 Å². The van der Waals surface area contributed by atoms with Gasteiger partial charge in [0.2, 0.25) is 0 Å². The van der Waals surface area contributed by atoms with Gasteiger partial charge < -0.3 is 9.88 Å². The van der Waals surface area contributed by atoms with E-state index in [2.05, 4.69) is 28.7 Å². The summed E-state index contributed by atoms with van der Waals surface area (Å²) in [5, 5.41) is 3.30. The van der Waals surface area contributed by atoms with Gasteiger partial charge in [-0.05, 0) is 20.4 Å². The van der Waals surface area contributed by atoms with E-state index in [0.29, 0.717) is 6.04 Å². The Morgan fingerprint density at radius 2 is 2.31 bits per heavy atom. The molecule has 0 aliphatic rings. The van der Waals surface area contributed by atoms with Crippen molar-refractivity contribution in [3.63, 3.8) is 0 Å². The summed E-state index contributed by atoms with van der Waals surface area (Å²) in [4.78, 5) is 4.38. The van der Waals surface area contributed by atoms with E-state index >= 15 is 0 Å². The Kier molecular flexibility index (Phi) is 3.96. The molecule has 0 aromatic carbocycles. The van der Waals surface area contributed by atoms with Crippen LogP contribution in [-0.4, -0.2) is 16.6 Å². The maximum atomic E-state index is 4.38. The Morgan fingerprint density at radius 3 is 2.85 bits per heavy atom. The van der Waals surface area contributed by atoms with Crippen LogP contribution >= 0.6 is 0 Å². The van der Waals surface area contributed by atoms with Crippen LogP contribution in [0, 0.1) is 0 Å². The predicted molar refractivity (Wildman–Crippen MR) is 54.6 cm³/mol. The van der Waals surface area contributed by atoms with E-state index in [-0.39, 0.29) is 0 Å². The SMILES string of the molecule is CCCC(NC)c1nccn1CC. The number of hydrogen-bond acceptors (Lipinski definition) is 2. The van der Waals surface area contributed by atoms with Crippen LogP contribution in [-0.2, 0) is 6.54 Å². The Labute approximate surface area is 80.2 Å². The summed E-state index contributed by atoms with van der Waals surface area (Å²) >= 11 is 0. The number of rotatable bonds is 5. The highest BCUT2D eigenvalue weighted by molar-refractivity contribution is 4.98. The van der Waals surface area contributed by atoms with Crippen molar-refractivity contribution in [2.45, 2.75) is 39.3 Å². The van der Waals surface area contributed by atoms with E-state index in [1.165, 1.54) is 6.42 Å². The highest BCUT2D eigenvalue weighted by Gasteiger charge is 2.12. The molecule has 1 rings (SSSR count). The predicted octanol–water partition coefficient (Wildman–Crippen LogP) is 1.96. The molecule has 0 spiro atoms. The maximum Gasteiger partial charge on any atom is 0.125 e. The van der Waals surface area contributed by atoms with Gasteiger partial charge in [0.15, 0.2) is 0 Å². The van der Waals surface area contributed by atoms with Crippen LogP contribution in [0.25, 0.3) is 0 Å². The van der Waals surface area contributed by atoms with Crippen molar-refractivity contribution in [1.29, 1.82) is 0 Å². The molecule has 1 N–H and O–H groups in total. The molecule has 1 atom stereocenters. The summed E-state index contributed by atoms with van der Waals surface area (Å²) in [5.74, 6) is 1.16. The molecule has 0 aliphatic carbocycles. The molecule has 0 radical (unpaired) electrons. The molecule has 0 amide bonds. The van der Waals surface area contributed by atoms with Crippen LogP contribution in [0.1, 0.15) is 38.6 Å². The zero-order valence-electron chi connectivity index (χ0n) is 8.75. The molecule has 74 valence electrons. The third-order valence-electron chi connectivity index (χ3n) is 2.33. The van der Waals surface area contributed by atoms with E-state index in [0.717, 1.165) is 18.8 Å². The summed E-state index contributed by atoms with van der Waals surface area (Å²) < 4.78 is 2.19. The third-order valence-corrected chi connectivity index (χ3v) is 2.33. The number of hydrogen-bond donors (Lipinski definition) is 1. The average molecular weight is 181 g/mol. The van der Waals surface area contributed by atoms with Gasteiger partial charge in [-0.25, -0.2) is 4.98 Å². The summed E-state index contributed by atoms with van der Waals surface area (Å²) in [6.07, 6.45) is 6.24. The third kappa shape index (κ3) is 2.31. The van der Waals surface area contributed by atoms with Crippen molar-refractivity contribution < 1.29 is 0 Å². The van der Waals surface area contributed by atoms with Gasteiger partial charge in [-0.2, -0.15) is 0 Å². The molecule has 0 saturated carbocycles. The molecule has 13 heavy (non-hydrogen) atoms. The topological polar surface area (TPSA) is 29.9 Å². The van der Waals surface area contributed by atoms with Crippen LogP contribution in [0.4, 0.5) is 0 Å². The number of aromatic nitrogens is 2. The molecule has 3 nitrogen and oxygen atoms in total. The minimum Gasteiger partial charge on any atom is -0.334 e. The second kappa shape index (κ2) is 5.02. The van der Waals surface area contributed by atoms with Crippen molar-refractivity contribution in [2.75, 3.05) is 7.05 Å². The molecule has 0 aliphatic heterocycles. The van der Waals surface area contributed by atoms with Gasteiger partial charge in [-0.15, -0.1) is 0 Å². The molecule has 0 fully saturated rings. The van der Waals surface area contributed by atoms with Crippen LogP contribution in [0.2, 0.25) is 0 Å². The smallest absolute Gasteiger partial charge is 0.125 e. The van der Waals surface area contributed by atoms with Gasteiger partial charge in [-0.3, -0.25) is 0 Å².